The molecule has 1 rings (SSSR count). The van der Waals surface area contributed by atoms with Crippen molar-refractivity contribution in [1.82, 2.24) is 0 Å². The molecule has 0 aromatic carbocycles. The van der Waals surface area contributed by atoms with E-state index in [2.05, 4.69) is 0 Å². The standard InChI is InChI=1S/C7H9NO3/c1-7(8(10)11)5-3-2-4-6(7)9/h2-6,9H,1H3/t6-,7-/m0/s1. The van der Waals surface area contributed by atoms with Crippen LogP contribution in [-0.4, -0.2) is 21.7 Å². The number of hydrogen-bond acceptors (Lipinski definition) is 3. The molecule has 0 saturated heterocycles. The van der Waals surface area contributed by atoms with Crippen molar-refractivity contribution in [3.05, 3.63) is 34.4 Å². The summed E-state index contributed by atoms with van der Waals surface area (Å²) in [7, 11) is 0. The van der Waals surface area contributed by atoms with Crippen molar-refractivity contribution in [1.29, 1.82) is 0 Å². The molecule has 0 aromatic rings. The number of nitro groups is 1. The Morgan fingerprint density at radius 1 is 1.64 bits per heavy atom. The monoisotopic (exact) mass is 155 g/mol. The molecule has 0 saturated carbocycles. The third kappa shape index (κ3) is 1.17. The molecule has 1 aliphatic rings. The van der Waals surface area contributed by atoms with E-state index in [4.69, 9.17) is 0 Å². The lowest BCUT2D eigenvalue weighted by atomic mass is 9.91. The molecule has 0 bridgehead atoms. The first-order valence-corrected chi connectivity index (χ1v) is 3.26. The topological polar surface area (TPSA) is 63.4 Å². The van der Waals surface area contributed by atoms with Gasteiger partial charge in [-0.15, -0.1) is 0 Å². The van der Waals surface area contributed by atoms with Gasteiger partial charge in [0.05, 0.1) is 0 Å². The summed E-state index contributed by atoms with van der Waals surface area (Å²) in [6.45, 7) is 1.39. The van der Waals surface area contributed by atoms with Crippen molar-refractivity contribution >= 4 is 0 Å². The predicted octanol–water partition coefficient (Wildman–Crippen LogP) is 0.509. The van der Waals surface area contributed by atoms with E-state index in [1.54, 1.807) is 12.2 Å². The van der Waals surface area contributed by atoms with Gasteiger partial charge in [0.1, 0.15) is 6.10 Å². The number of nitrogens with zero attached hydrogens (tertiary/aromatic N) is 1. The molecule has 60 valence electrons. The number of aliphatic hydroxyl groups is 1. The molecule has 0 amide bonds. The van der Waals surface area contributed by atoms with Crippen molar-refractivity contribution in [2.75, 3.05) is 0 Å². The zero-order chi connectivity index (χ0) is 8.48. The van der Waals surface area contributed by atoms with Gasteiger partial charge in [0.25, 0.3) is 5.54 Å². The van der Waals surface area contributed by atoms with Gasteiger partial charge >= 0.3 is 0 Å². The second-order valence-corrected chi connectivity index (χ2v) is 2.67. The Balaban J connectivity index is 2.94. The van der Waals surface area contributed by atoms with Crippen LogP contribution < -0.4 is 0 Å². The molecule has 4 heteroatoms. The maximum absolute atomic E-state index is 10.4. The van der Waals surface area contributed by atoms with Crippen LogP contribution in [0.2, 0.25) is 0 Å². The Morgan fingerprint density at radius 2 is 2.27 bits per heavy atom. The summed E-state index contributed by atoms with van der Waals surface area (Å²) in [5, 5.41) is 19.7. The van der Waals surface area contributed by atoms with E-state index in [0.717, 1.165) is 0 Å². The molecule has 1 aliphatic carbocycles. The van der Waals surface area contributed by atoms with E-state index in [9.17, 15) is 15.2 Å². The average molecular weight is 155 g/mol. The van der Waals surface area contributed by atoms with Gasteiger partial charge in [-0.2, -0.15) is 0 Å². The summed E-state index contributed by atoms with van der Waals surface area (Å²) < 4.78 is 0. The minimum absolute atomic E-state index is 0.488. The maximum atomic E-state index is 10.4. The van der Waals surface area contributed by atoms with Crippen LogP contribution in [0.25, 0.3) is 0 Å². The third-order valence-electron chi connectivity index (χ3n) is 1.83. The molecule has 0 aliphatic heterocycles. The summed E-state index contributed by atoms with van der Waals surface area (Å²) in [5.41, 5.74) is -1.35. The van der Waals surface area contributed by atoms with Crippen molar-refractivity contribution in [3.63, 3.8) is 0 Å². The molecule has 0 radical (unpaired) electrons. The van der Waals surface area contributed by atoms with Crippen LogP contribution in [0.15, 0.2) is 24.3 Å². The van der Waals surface area contributed by atoms with Crippen LogP contribution in [0.4, 0.5) is 0 Å². The van der Waals surface area contributed by atoms with Crippen molar-refractivity contribution in [2.45, 2.75) is 18.6 Å². The van der Waals surface area contributed by atoms with Gasteiger partial charge in [0, 0.05) is 11.8 Å². The Morgan fingerprint density at radius 3 is 2.64 bits per heavy atom. The van der Waals surface area contributed by atoms with E-state index >= 15 is 0 Å². The largest absolute Gasteiger partial charge is 0.381 e. The zero-order valence-electron chi connectivity index (χ0n) is 6.10. The Hall–Kier alpha value is -1.16. The van der Waals surface area contributed by atoms with Gasteiger partial charge < -0.3 is 5.11 Å². The van der Waals surface area contributed by atoms with Crippen LogP contribution in [-0.2, 0) is 0 Å². The fourth-order valence-electron chi connectivity index (χ4n) is 0.882. The SMILES string of the molecule is C[C@]1([N+](=O)[O-])C=CC=C[C@@H]1O. The molecule has 0 aromatic heterocycles. The van der Waals surface area contributed by atoms with Crippen LogP contribution in [0.1, 0.15) is 6.92 Å². The fourth-order valence-corrected chi connectivity index (χ4v) is 0.882. The van der Waals surface area contributed by atoms with Crippen LogP contribution in [0.3, 0.4) is 0 Å². The van der Waals surface area contributed by atoms with Gasteiger partial charge in [-0.1, -0.05) is 12.2 Å². The minimum Gasteiger partial charge on any atom is -0.381 e. The lowest BCUT2D eigenvalue weighted by Gasteiger charge is -2.22. The molecular formula is C7H9NO3. The van der Waals surface area contributed by atoms with Crippen LogP contribution in [0.5, 0.6) is 0 Å². The van der Waals surface area contributed by atoms with Crippen LogP contribution in [0, 0.1) is 10.1 Å². The molecule has 0 fully saturated rings. The van der Waals surface area contributed by atoms with Crippen molar-refractivity contribution < 1.29 is 10.0 Å². The maximum Gasteiger partial charge on any atom is 0.266 e. The van der Waals surface area contributed by atoms with E-state index in [0.29, 0.717) is 0 Å². The highest BCUT2D eigenvalue weighted by atomic mass is 16.6. The average Bonchev–Trinajstić information content (AvgIpc) is 1.95. The fraction of sp³-hybridized carbons (Fsp3) is 0.429. The highest BCUT2D eigenvalue weighted by Crippen LogP contribution is 2.20. The minimum atomic E-state index is -1.35. The second-order valence-electron chi connectivity index (χ2n) is 2.67. The number of aliphatic hydroxyl groups excluding tert-OH is 1. The van der Waals surface area contributed by atoms with Gasteiger partial charge in [-0.05, 0) is 12.2 Å². The first-order valence-electron chi connectivity index (χ1n) is 3.26. The molecule has 0 heterocycles. The second kappa shape index (κ2) is 2.47. The Kier molecular flexibility index (Phi) is 1.78. The number of rotatable bonds is 1. The summed E-state index contributed by atoms with van der Waals surface area (Å²) in [4.78, 5) is 9.96. The number of hydrogen-bond donors (Lipinski definition) is 1. The number of allylic oxidation sites excluding steroid dienone is 2. The Labute approximate surface area is 64.0 Å². The zero-order valence-corrected chi connectivity index (χ0v) is 6.10. The van der Waals surface area contributed by atoms with E-state index in [1.807, 2.05) is 0 Å². The molecule has 4 nitrogen and oxygen atoms in total. The van der Waals surface area contributed by atoms with Gasteiger partial charge in [-0.25, -0.2) is 0 Å². The first-order chi connectivity index (χ1) is 5.07. The molecule has 2 atom stereocenters. The summed E-state index contributed by atoms with van der Waals surface area (Å²) in [5.74, 6) is 0. The van der Waals surface area contributed by atoms with Crippen molar-refractivity contribution in [3.8, 4) is 0 Å². The molecule has 0 spiro atoms. The summed E-state index contributed by atoms with van der Waals surface area (Å²) in [6.07, 6.45) is 4.92. The highest BCUT2D eigenvalue weighted by molar-refractivity contribution is 5.21. The predicted molar refractivity (Wildman–Crippen MR) is 39.7 cm³/mol. The smallest absolute Gasteiger partial charge is 0.266 e. The van der Waals surface area contributed by atoms with E-state index in [-0.39, 0.29) is 0 Å². The molecule has 0 unspecified atom stereocenters. The normalized spacial score (nSPS) is 35.6. The lowest BCUT2D eigenvalue weighted by molar-refractivity contribution is -0.560. The Bertz CT molecular complexity index is 234. The molecule has 1 N–H and O–H groups in total. The summed E-state index contributed by atoms with van der Waals surface area (Å²) in [6, 6.07) is 0. The van der Waals surface area contributed by atoms with E-state index in [1.165, 1.54) is 19.1 Å². The third-order valence-corrected chi connectivity index (χ3v) is 1.83. The van der Waals surface area contributed by atoms with Gasteiger partial charge in [-0.3, -0.25) is 10.1 Å². The molecule has 11 heavy (non-hydrogen) atoms. The summed E-state index contributed by atoms with van der Waals surface area (Å²) >= 11 is 0. The molecular weight excluding hydrogens is 146 g/mol. The van der Waals surface area contributed by atoms with Crippen LogP contribution >= 0.6 is 0 Å². The first kappa shape index (κ1) is 7.94. The quantitative estimate of drug-likeness (QED) is 0.443. The van der Waals surface area contributed by atoms with E-state index < -0.39 is 16.6 Å². The van der Waals surface area contributed by atoms with Gasteiger partial charge in [0.15, 0.2) is 0 Å². The highest BCUT2D eigenvalue weighted by Gasteiger charge is 2.42. The lowest BCUT2D eigenvalue weighted by Crippen LogP contribution is -2.44. The van der Waals surface area contributed by atoms with Gasteiger partial charge in [0.2, 0.25) is 0 Å². The van der Waals surface area contributed by atoms with Crippen molar-refractivity contribution in [2.24, 2.45) is 0 Å².